The largest absolute Gasteiger partial charge is 0.465 e. The van der Waals surface area contributed by atoms with Gasteiger partial charge in [0.25, 0.3) is 0 Å². The first-order valence-electron chi connectivity index (χ1n) is 4.68. The number of pyridine rings is 1. The van der Waals surface area contributed by atoms with E-state index in [1.165, 1.54) is 13.3 Å². The van der Waals surface area contributed by atoms with E-state index in [-0.39, 0.29) is 0 Å². The molecule has 1 aromatic heterocycles. The molecule has 4 nitrogen and oxygen atoms in total. The van der Waals surface area contributed by atoms with Crippen LogP contribution in [0.5, 0.6) is 0 Å². The minimum atomic E-state index is -0.433. The molecule has 16 heavy (non-hydrogen) atoms. The molecule has 0 atom stereocenters. The zero-order valence-electron chi connectivity index (χ0n) is 8.64. The molecule has 80 valence electrons. The van der Waals surface area contributed by atoms with Crippen LogP contribution in [0.15, 0.2) is 30.5 Å². The molecule has 0 bridgehead atoms. The van der Waals surface area contributed by atoms with Gasteiger partial charge in [-0.05, 0) is 12.1 Å². The molecule has 0 fully saturated rings. The number of rotatable bonds is 2. The number of nitrogens with zero attached hydrogens (tertiary/aromatic N) is 1. The van der Waals surface area contributed by atoms with Crippen LogP contribution in [-0.4, -0.2) is 24.3 Å². The monoisotopic (exact) mass is 215 g/mol. The van der Waals surface area contributed by atoms with Gasteiger partial charge in [-0.3, -0.25) is 9.78 Å². The van der Waals surface area contributed by atoms with E-state index in [0.29, 0.717) is 16.6 Å². The highest BCUT2D eigenvalue weighted by Crippen LogP contribution is 2.17. The van der Waals surface area contributed by atoms with E-state index in [1.807, 2.05) is 0 Å². The molecule has 0 radical (unpaired) electrons. The molecule has 0 amide bonds. The maximum Gasteiger partial charge on any atom is 0.340 e. The first-order chi connectivity index (χ1) is 7.76. The average Bonchev–Trinajstić information content (AvgIpc) is 2.36. The second-order valence-corrected chi connectivity index (χ2v) is 3.26. The van der Waals surface area contributed by atoms with Crippen molar-refractivity contribution in [2.45, 2.75) is 0 Å². The molecule has 2 aromatic rings. The number of methoxy groups -OCH3 is 1. The molecular formula is C12H9NO3. The Kier molecular flexibility index (Phi) is 2.64. The summed E-state index contributed by atoms with van der Waals surface area (Å²) in [6.45, 7) is 0. The lowest BCUT2D eigenvalue weighted by Gasteiger charge is -2.03. The van der Waals surface area contributed by atoms with Crippen LogP contribution in [0.1, 0.15) is 20.7 Å². The molecule has 2 rings (SSSR count). The normalized spacial score (nSPS) is 10.1. The van der Waals surface area contributed by atoms with Crippen LogP contribution in [0.4, 0.5) is 0 Å². The smallest absolute Gasteiger partial charge is 0.340 e. The van der Waals surface area contributed by atoms with Gasteiger partial charge in [-0.25, -0.2) is 4.79 Å². The molecule has 0 N–H and O–H groups in total. The van der Waals surface area contributed by atoms with Gasteiger partial charge in [0.15, 0.2) is 6.29 Å². The van der Waals surface area contributed by atoms with E-state index in [9.17, 15) is 9.59 Å². The number of aromatic nitrogens is 1. The summed E-state index contributed by atoms with van der Waals surface area (Å²) < 4.78 is 4.65. The highest BCUT2D eigenvalue weighted by atomic mass is 16.5. The maximum absolute atomic E-state index is 11.5. The topological polar surface area (TPSA) is 56.3 Å². The number of para-hydroxylation sites is 1. The van der Waals surface area contributed by atoms with Gasteiger partial charge < -0.3 is 4.74 Å². The Bertz CT molecular complexity index is 563. The quantitative estimate of drug-likeness (QED) is 0.566. The van der Waals surface area contributed by atoms with E-state index >= 15 is 0 Å². The molecule has 0 saturated heterocycles. The Hall–Kier alpha value is -2.23. The van der Waals surface area contributed by atoms with Crippen LogP contribution in [-0.2, 0) is 4.74 Å². The van der Waals surface area contributed by atoms with Crippen molar-refractivity contribution in [3.63, 3.8) is 0 Å². The van der Waals surface area contributed by atoms with Crippen molar-refractivity contribution in [2.24, 2.45) is 0 Å². The van der Waals surface area contributed by atoms with Crippen molar-refractivity contribution < 1.29 is 14.3 Å². The maximum atomic E-state index is 11.5. The zero-order chi connectivity index (χ0) is 11.5. The van der Waals surface area contributed by atoms with Gasteiger partial charge in [-0.2, -0.15) is 0 Å². The number of aldehydes is 1. The van der Waals surface area contributed by atoms with E-state index in [1.54, 1.807) is 24.3 Å². The molecule has 4 heteroatoms. The van der Waals surface area contributed by atoms with Gasteiger partial charge in [0.05, 0.1) is 18.2 Å². The fraction of sp³-hybridized carbons (Fsp3) is 0.0833. The van der Waals surface area contributed by atoms with Crippen molar-refractivity contribution in [1.82, 2.24) is 4.98 Å². The van der Waals surface area contributed by atoms with Crippen LogP contribution < -0.4 is 0 Å². The Balaban J connectivity index is 2.69. The summed E-state index contributed by atoms with van der Waals surface area (Å²) in [7, 11) is 1.32. The van der Waals surface area contributed by atoms with Crippen molar-refractivity contribution in [3.8, 4) is 0 Å². The predicted molar refractivity (Wildman–Crippen MR) is 58.5 cm³/mol. The summed E-state index contributed by atoms with van der Waals surface area (Å²) in [6, 6.07) is 6.84. The molecule has 0 saturated carbocycles. The number of ether oxygens (including phenoxy) is 1. The van der Waals surface area contributed by atoms with Gasteiger partial charge in [0.2, 0.25) is 0 Å². The lowest BCUT2D eigenvalue weighted by molar-refractivity contribution is 0.0602. The number of carbonyl (C=O) groups is 2. The van der Waals surface area contributed by atoms with Gasteiger partial charge in [-0.15, -0.1) is 0 Å². The molecule has 0 aliphatic carbocycles. The molecular weight excluding hydrogens is 206 g/mol. The van der Waals surface area contributed by atoms with Gasteiger partial charge in [-0.1, -0.05) is 12.1 Å². The van der Waals surface area contributed by atoms with Crippen LogP contribution in [0.25, 0.3) is 10.9 Å². The van der Waals surface area contributed by atoms with Crippen molar-refractivity contribution >= 4 is 23.2 Å². The summed E-state index contributed by atoms with van der Waals surface area (Å²) in [5.41, 5.74) is 1.42. The Morgan fingerprint density at radius 2 is 2.25 bits per heavy atom. The molecule has 0 spiro atoms. The third-order valence-corrected chi connectivity index (χ3v) is 2.27. The summed E-state index contributed by atoms with van der Waals surface area (Å²) >= 11 is 0. The third kappa shape index (κ3) is 1.65. The van der Waals surface area contributed by atoms with Crippen LogP contribution >= 0.6 is 0 Å². The summed E-state index contributed by atoms with van der Waals surface area (Å²) in [5, 5.41) is 0.743. The number of hydrogen-bond donors (Lipinski definition) is 0. The Morgan fingerprint density at radius 3 is 2.94 bits per heavy atom. The Labute approximate surface area is 91.9 Å². The average molecular weight is 215 g/mol. The van der Waals surface area contributed by atoms with Crippen LogP contribution in [0, 0.1) is 0 Å². The van der Waals surface area contributed by atoms with Gasteiger partial charge >= 0.3 is 5.97 Å². The third-order valence-electron chi connectivity index (χ3n) is 2.27. The van der Waals surface area contributed by atoms with Gasteiger partial charge in [0.1, 0.15) is 0 Å². The summed E-state index contributed by atoms with van der Waals surface area (Å²) in [5.74, 6) is -0.433. The molecule has 1 heterocycles. The highest BCUT2D eigenvalue weighted by Gasteiger charge is 2.10. The number of benzene rings is 1. The fourth-order valence-electron chi connectivity index (χ4n) is 1.52. The van der Waals surface area contributed by atoms with E-state index < -0.39 is 5.97 Å². The second-order valence-electron chi connectivity index (χ2n) is 3.26. The van der Waals surface area contributed by atoms with Crippen LogP contribution in [0.3, 0.4) is 0 Å². The second kappa shape index (κ2) is 4.10. The minimum absolute atomic E-state index is 0.400. The number of hydrogen-bond acceptors (Lipinski definition) is 4. The first kappa shape index (κ1) is 10.3. The number of carbonyl (C=O) groups excluding carboxylic acids is 2. The van der Waals surface area contributed by atoms with Crippen molar-refractivity contribution in [2.75, 3.05) is 7.11 Å². The number of fused-ring (bicyclic) bond motifs is 1. The van der Waals surface area contributed by atoms with E-state index in [4.69, 9.17) is 0 Å². The molecule has 1 aromatic carbocycles. The standard InChI is InChI=1S/C12H9NO3/c1-16-12(15)10-4-2-3-9-5-8(7-14)6-13-11(9)10/h2-7H,1H3. The summed E-state index contributed by atoms with van der Waals surface area (Å²) in [6.07, 6.45) is 2.15. The van der Waals surface area contributed by atoms with E-state index in [2.05, 4.69) is 9.72 Å². The SMILES string of the molecule is COC(=O)c1cccc2cc(C=O)cnc12. The lowest BCUT2D eigenvalue weighted by atomic mass is 10.1. The van der Waals surface area contributed by atoms with Crippen LogP contribution in [0.2, 0.25) is 0 Å². The minimum Gasteiger partial charge on any atom is -0.465 e. The molecule has 0 aliphatic heterocycles. The van der Waals surface area contributed by atoms with Crippen molar-refractivity contribution in [1.29, 1.82) is 0 Å². The predicted octanol–water partition coefficient (Wildman–Crippen LogP) is 1.83. The Morgan fingerprint density at radius 1 is 1.44 bits per heavy atom. The fourth-order valence-corrected chi connectivity index (χ4v) is 1.52. The first-order valence-corrected chi connectivity index (χ1v) is 4.68. The van der Waals surface area contributed by atoms with Gasteiger partial charge in [0, 0.05) is 17.1 Å². The lowest BCUT2D eigenvalue weighted by Crippen LogP contribution is -2.03. The zero-order valence-corrected chi connectivity index (χ0v) is 8.64. The number of esters is 1. The highest BCUT2D eigenvalue weighted by molar-refractivity contribution is 6.03. The summed E-state index contributed by atoms with van der Waals surface area (Å²) in [4.78, 5) is 26.1. The molecule has 0 aliphatic rings. The molecule has 0 unspecified atom stereocenters. The van der Waals surface area contributed by atoms with E-state index in [0.717, 1.165) is 11.7 Å². The van der Waals surface area contributed by atoms with Crippen molar-refractivity contribution in [3.05, 3.63) is 41.6 Å².